The van der Waals surface area contributed by atoms with Crippen molar-refractivity contribution in [2.45, 2.75) is 25.8 Å². The van der Waals surface area contributed by atoms with Gasteiger partial charge in [-0.1, -0.05) is 48.5 Å². The van der Waals surface area contributed by atoms with E-state index in [1.54, 1.807) is 45.4 Å². The number of amides is 1. The van der Waals surface area contributed by atoms with Crippen LogP contribution >= 0.6 is 0 Å². The van der Waals surface area contributed by atoms with Gasteiger partial charge in [0.25, 0.3) is 0 Å². The molecule has 0 bridgehead atoms. The van der Waals surface area contributed by atoms with Gasteiger partial charge in [-0.2, -0.15) is 0 Å². The highest BCUT2D eigenvalue weighted by atomic mass is 16.5. The van der Waals surface area contributed by atoms with E-state index in [4.69, 9.17) is 14.2 Å². The van der Waals surface area contributed by atoms with E-state index in [1.807, 2.05) is 55.5 Å². The van der Waals surface area contributed by atoms with Crippen LogP contribution in [-0.4, -0.2) is 32.7 Å². The molecule has 1 amide bonds. The SMILES string of the molecule is CCOC(=O)c1ccc([C@@H](C)C(=O)NC(c2ccccc2OC)c2ccccc2OC)cc1. The second-order valence-corrected chi connectivity index (χ2v) is 7.49. The van der Waals surface area contributed by atoms with Crippen molar-refractivity contribution in [3.8, 4) is 11.5 Å². The average Bonchev–Trinajstić information content (AvgIpc) is 2.87. The largest absolute Gasteiger partial charge is 0.496 e. The van der Waals surface area contributed by atoms with E-state index in [2.05, 4.69) is 5.32 Å². The van der Waals surface area contributed by atoms with Crippen molar-refractivity contribution in [3.05, 3.63) is 95.1 Å². The first kappa shape index (κ1) is 23.9. The molecule has 0 saturated carbocycles. The topological polar surface area (TPSA) is 73.9 Å². The molecule has 0 aliphatic carbocycles. The highest BCUT2D eigenvalue weighted by molar-refractivity contribution is 5.90. The van der Waals surface area contributed by atoms with Gasteiger partial charge in [0.1, 0.15) is 11.5 Å². The predicted octanol–water partition coefficient (Wildman–Crippen LogP) is 4.89. The Labute approximate surface area is 194 Å². The monoisotopic (exact) mass is 447 g/mol. The molecule has 6 heteroatoms. The van der Waals surface area contributed by atoms with Gasteiger partial charge in [-0.3, -0.25) is 4.79 Å². The maximum Gasteiger partial charge on any atom is 0.338 e. The van der Waals surface area contributed by atoms with Crippen molar-refractivity contribution in [2.75, 3.05) is 20.8 Å². The molecule has 1 N–H and O–H groups in total. The summed E-state index contributed by atoms with van der Waals surface area (Å²) in [6.07, 6.45) is 0. The highest BCUT2D eigenvalue weighted by Gasteiger charge is 2.26. The molecule has 0 unspecified atom stereocenters. The van der Waals surface area contributed by atoms with Gasteiger partial charge in [-0.25, -0.2) is 4.79 Å². The lowest BCUT2D eigenvalue weighted by Gasteiger charge is -2.25. The van der Waals surface area contributed by atoms with Gasteiger partial charge in [0.2, 0.25) is 5.91 Å². The summed E-state index contributed by atoms with van der Waals surface area (Å²) in [6.45, 7) is 3.90. The van der Waals surface area contributed by atoms with E-state index in [9.17, 15) is 9.59 Å². The Morgan fingerprint density at radius 3 is 1.82 bits per heavy atom. The van der Waals surface area contributed by atoms with Gasteiger partial charge in [-0.05, 0) is 43.7 Å². The number of esters is 1. The van der Waals surface area contributed by atoms with Crippen LogP contribution in [-0.2, 0) is 9.53 Å². The molecule has 3 aromatic rings. The van der Waals surface area contributed by atoms with Gasteiger partial charge in [0, 0.05) is 11.1 Å². The number of nitrogens with one attached hydrogen (secondary N) is 1. The van der Waals surface area contributed by atoms with Crippen molar-refractivity contribution in [1.82, 2.24) is 5.32 Å². The lowest BCUT2D eigenvalue weighted by atomic mass is 9.94. The number of ether oxygens (including phenoxy) is 3. The Morgan fingerprint density at radius 2 is 1.33 bits per heavy atom. The van der Waals surface area contributed by atoms with E-state index >= 15 is 0 Å². The molecule has 172 valence electrons. The number of rotatable bonds is 9. The summed E-state index contributed by atoms with van der Waals surface area (Å²) in [5.41, 5.74) is 2.89. The number of benzene rings is 3. The molecule has 0 aliphatic heterocycles. The van der Waals surface area contributed by atoms with Crippen LogP contribution in [0.15, 0.2) is 72.8 Å². The van der Waals surface area contributed by atoms with Crippen molar-refractivity contribution >= 4 is 11.9 Å². The molecule has 6 nitrogen and oxygen atoms in total. The second kappa shape index (κ2) is 11.2. The Bertz CT molecular complexity index is 1050. The maximum absolute atomic E-state index is 13.3. The van der Waals surface area contributed by atoms with E-state index in [0.29, 0.717) is 23.7 Å². The summed E-state index contributed by atoms with van der Waals surface area (Å²) >= 11 is 0. The maximum atomic E-state index is 13.3. The Morgan fingerprint density at radius 1 is 0.818 bits per heavy atom. The number of hydrogen-bond donors (Lipinski definition) is 1. The molecule has 0 radical (unpaired) electrons. The fraction of sp³-hybridized carbons (Fsp3) is 0.259. The van der Waals surface area contributed by atoms with Crippen LogP contribution in [0, 0.1) is 0 Å². The van der Waals surface area contributed by atoms with Crippen LogP contribution in [0.3, 0.4) is 0 Å². The normalized spacial score (nSPS) is 11.5. The summed E-state index contributed by atoms with van der Waals surface area (Å²) in [7, 11) is 3.21. The smallest absolute Gasteiger partial charge is 0.338 e. The lowest BCUT2D eigenvalue weighted by Crippen LogP contribution is -2.33. The molecule has 0 spiro atoms. The van der Waals surface area contributed by atoms with Crippen molar-refractivity contribution in [3.63, 3.8) is 0 Å². The lowest BCUT2D eigenvalue weighted by molar-refractivity contribution is -0.122. The number of para-hydroxylation sites is 2. The predicted molar refractivity (Wildman–Crippen MR) is 127 cm³/mol. The molecule has 33 heavy (non-hydrogen) atoms. The Balaban J connectivity index is 1.91. The van der Waals surface area contributed by atoms with E-state index in [-0.39, 0.29) is 11.9 Å². The highest BCUT2D eigenvalue weighted by Crippen LogP contribution is 2.35. The average molecular weight is 448 g/mol. The van der Waals surface area contributed by atoms with Gasteiger partial charge in [-0.15, -0.1) is 0 Å². The van der Waals surface area contributed by atoms with Crippen molar-refractivity contribution < 1.29 is 23.8 Å². The fourth-order valence-corrected chi connectivity index (χ4v) is 3.67. The van der Waals surface area contributed by atoms with Crippen molar-refractivity contribution in [2.24, 2.45) is 0 Å². The van der Waals surface area contributed by atoms with Crippen LogP contribution < -0.4 is 14.8 Å². The van der Waals surface area contributed by atoms with Crippen LogP contribution in [0.1, 0.15) is 52.9 Å². The summed E-state index contributed by atoms with van der Waals surface area (Å²) < 4.78 is 16.2. The Hall–Kier alpha value is -3.80. The zero-order valence-corrected chi connectivity index (χ0v) is 19.3. The second-order valence-electron chi connectivity index (χ2n) is 7.49. The molecule has 0 fully saturated rings. The van der Waals surface area contributed by atoms with Crippen LogP contribution in [0.25, 0.3) is 0 Å². The van der Waals surface area contributed by atoms with Crippen LogP contribution in [0.5, 0.6) is 11.5 Å². The Kier molecular flexibility index (Phi) is 8.08. The summed E-state index contributed by atoms with van der Waals surface area (Å²) in [4.78, 5) is 25.3. The van der Waals surface area contributed by atoms with Gasteiger partial charge in [0.15, 0.2) is 0 Å². The zero-order valence-electron chi connectivity index (χ0n) is 19.3. The van der Waals surface area contributed by atoms with Gasteiger partial charge >= 0.3 is 5.97 Å². The van der Waals surface area contributed by atoms with E-state index < -0.39 is 12.0 Å². The molecule has 3 rings (SSSR count). The number of hydrogen-bond acceptors (Lipinski definition) is 5. The molecular weight excluding hydrogens is 418 g/mol. The standard InChI is InChI=1S/C27H29NO5/c1-5-33-27(30)20-16-14-19(15-17-20)18(2)26(29)28-25(21-10-6-8-12-23(21)31-3)22-11-7-9-13-24(22)32-4/h6-18,25H,5H2,1-4H3,(H,28,29)/t18-/m1/s1. The third-order valence-corrected chi connectivity index (χ3v) is 5.50. The summed E-state index contributed by atoms with van der Waals surface area (Å²) in [5, 5.41) is 3.16. The number of carbonyl (C=O) groups excluding carboxylic acids is 2. The zero-order chi connectivity index (χ0) is 23.8. The van der Waals surface area contributed by atoms with Gasteiger partial charge < -0.3 is 19.5 Å². The molecule has 0 aliphatic rings. The van der Waals surface area contributed by atoms with E-state index in [1.165, 1.54) is 0 Å². The van der Waals surface area contributed by atoms with Crippen LogP contribution in [0.4, 0.5) is 0 Å². The molecule has 0 saturated heterocycles. The number of methoxy groups -OCH3 is 2. The molecular formula is C27H29NO5. The molecule has 0 heterocycles. The molecule has 1 atom stereocenters. The quantitative estimate of drug-likeness (QED) is 0.473. The minimum absolute atomic E-state index is 0.166. The summed E-state index contributed by atoms with van der Waals surface area (Å²) in [5.74, 6) is 0.336. The van der Waals surface area contributed by atoms with Crippen molar-refractivity contribution in [1.29, 1.82) is 0 Å². The van der Waals surface area contributed by atoms with Crippen LogP contribution in [0.2, 0.25) is 0 Å². The third kappa shape index (κ3) is 5.52. The summed E-state index contributed by atoms with van der Waals surface area (Å²) in [6, 6.07) is 21.6. The third-order valence-electron chi connectivity index (χ3n) is 5.50. The fourth-order valence-electron chi connectivity index (χ4n) is 3.67. The first-order valence-corrected chi connectivity index (χ1v) is 10.8. The molecule has 3 aromatic carbocycles. The molecule has 0 aromatic heterocycles. The minimum atomic E-state index is -0.481. The van der Waals surface area contributed by atoms with E-state index in [0.717, 1.165) is 16.7 Å². The minimum Gasteiger partial charge on any atom is -0.496 e. The van der Waals surface area contributed by atoms with Gasteiger partial charge in [0.05, 0.1) is 38.3 Å². The first-order valence-electron chi connectivity index (χ1n) is 10.8. The first-order chi connectivity index (χ1) is 16.0. The number of carbonyl (C=O) groups is 2.